The van der Waals surface area contributed by atoms with Crippen LogP contribution in [0.4, 0.5) is 0 Å². The van der Waals surface area contributed by atoms with Crippen molar-refractivity contribution in [1.82, 2.24) is 9.78 Å². The van der Waals surface area contributed by atoms with Gasteiger partial charge < -0.3 is 5.11 Å². The van der Waals surface area contributed by atoms with Crippen LogP contribution in [0.1, 0.15) is 56.4 Å². The summed E-state index contributed by atoms with van der Waals surface area (Å²) < 4.78 is 1.89. The van der Waals surface area contributed by atoms with Crippen molar-refractivity contribution in [3.63, 3.8) is 0 Å². The highest BCUT2D eigenvalue weighted by Gasteiger charge is 2.20. The third-order valence-corrected chi connectivity index (χ3v) is 3.61. The molecule has 1 aromatic heterocycles. The first kappa shape index (κ1) is 14.6. The molecular weight excluding hydrogens is 248 g/mol. The molecule has 0 aliphatic heterocycles. The molecule has 3 nitrogen and oxygen atoms in total. The molecule has 1 N–H and O–H groups in total. The predicted octanol–water partition coefficient (Wildman–Crippen LogP) is 4.35. The molecule has 20 heavy (non-hydrogen) atoms. The quantitative estimate of drug-likeness (QED) is 0.878. The summed E-state index contributed by atoms with van der Waals surface area (Å²) in [6.45, 7) is 8.53. The second-order valence-electron chi connectivity index (χ2n) is 5.69. The molecule has 0 atom stereocenters. The van der Waals surface area contributed by atoms with Crippen LogP contribution in [-0.4, -0.2) is 14.9 Å². The van der Waals surface area contributed by atoms with Crippen molar-refractivity contribution in [2.75, 3.05) is 0 Å². The molecule has 2 rings (SSSR count). The molecule has 0 radical (unpaired) electrons. The summed E-state index contributed by atoms with van der Waals surface area (Å²) in [5.74, 6) is 0.513. The van der Waals surface area contributed by atoms with Crippen LogP contribution in [-0.2, 0) is 6.42 Å². The Balaban J connectivity index is 2.50. The van der Waals surface area contributed by atoms with Crippen LogP contribution >= 0.6 is 0 Å². The Hall–Kier alpha value is -1.77. The van der Waals surface area contributed by atoms with Gasteiger partial charge in [-0.1, -0.05) is 44.9 Å². The number of rotatable bonds is 5. The summed E-state index contributed by atoms with van der Waals surface area (Å²) in [7, 11) is 0. The zero-order valence-electron chi connectivity index (χ0n) is 12.8. The highest BCUT2D eigenvalue weighted by atomic mass is 16.3. The number of benzene rings is 1. The number of hydrogen-bond acceptors (Lipinski definition) is 2. The average molecular weight is 272 g/mol. The van der Waals surface area contributed by atoms with Crippen molar-refractivity contribution in [3.05, 3.63) is 41.1 Å². The molecule has 2 aromatic rings. The molecular formula is C17H24N2O. The Morgan fingerprint density at radius 1 is 1.20 bits per heavy atom. The minimum Gasteiger partial charge on any atom is -0.492 e. The SMILES string of the molecule is CCCCc1c(O)nn(-c2ccc(C)cc2)c1C(C)C. The zero-order valence-corrected chi connectivity index (χ0v) is 12.8. The lowest BCUT2D eigenvalue weighted by atomic mass is 10.0. The molecule has 0 fully saturated rings. The van der Waals surface area contributed by atoms with Crippen molar-refractivity contribution in [2.24, 2.45) is 0 Å². The molecule has 3 heteroatoms. The maximum atomic E-state index is 10.2. The summed E-state index contributed by atoms with van der Waals surface area (Å²) in [5, 5.41) is 14.5. The maximum Gasteiger partial charge on any atom is 0.234 e. The fraction of sp³-hybridized carbons (Fsp3) is 0.471. The van der Waals surface area contributed by atoms with Crippen molar-refractivity contribution in [2.45, 2.75) is 52.9 Å². The van der Waals surface area contributed by atoms with Crippen molar-refractivity contribution in [1.29, 1.82) is 0 Å². The smallest absolute Gasteiger partial charge is 0.234 e. The van der Waals surface area contributed by atoms with Gasteiger partial charge in [-0.25, -0.2) is 4.68 Å². The third-order valence-electron chi connectivity index (χ3n) is 3.61. The van der Waals surface area contributed by atoms with Gasteiger partial charge >= 0.3 is 0 Å². The molecule has 0 aliphatic rings. The van der Waals surface area contributed by atoms with E-state index in [1.54, 1.807) is 0 Å². The summed E-state index contributed by atoms with van der Waals surface area (Å²) in [4.78, 5) is 0. The van der Waals surface area contributed by atoms with Gasteiger partial charge in [0.15, 0.2) is 0 Å². The second-order valence-corrected chi connectivity index (χ2v) is 5.69. The van der Waals surface area contributed by atoms with E-state index in [4.69, 9.17) is 0 Å². The zero-order chi connectivity index (χ0) is 14.7. The maximum absolute atomic E-state index is 10.2. The minimum absolute atomic E-state index is 0.183. The van der Waals surface area contributed by atoms with Gasteiger partial charge in [0.25, 0.3) is 0 Å². The molecule has 1 heterocycles. The Morgan fingerprint density at radius 2 is 1.85 bits per heavy atom. The van der Waals surface area contributed by atoms with Crippen molar-refractivity contribution >= 4 is 0 Å². The van der Waals surface area contributed by atoms with E-state index in [1.165, 1.54) is 5.56 Å². The van der Waals surface area contributed by atoms with Gasteiger partial charge in [0, 0.05) is 5.56 Å². The minimum atomic E-state index is 0.183. The molecule has 0 saturated carbocycles. The average Bonchev–Trinajstić information content (AvgIpc) is 2.74. The molecule has 0 aliphatic carbocycles. The number of unbranched alkanes of at least 4 members (excludes halogenated alkanes) is 1. The number of hydrogen-bond donors (Lipinski definition) is 1. The van der Waals surface area contributed by atoms with Gasteiger partial charge in [0.05, 0.1) is 11.4 Å². The molecule has 108 valence electrons. The van der Waals surface area contributed by atoms with Gasteiger partial charge in [-0.15, -0.1) is 5.10 Å². The van der Waals surface area contributed by atoms with Gasteiger partial charge in [0.1, 0.15) is 0 Å². The lowest BCUT2D eigenvalue weighted by molar-refractivity contribution is 0.441. The lowest BCUT2D eigenvalue weighted by Gasteiger charge is -2.12. The van der Waals surface area contributed by atoms with E-state index in [0.717, 1.165) is 36.2 Å². The molecule has 0 amide bonds. The van der Waals surface area contributed by atoms with Crippen LogP contribution in [0, 0.1) is 6.92 Å². The summed E-state index contributed by atoms with van der Waals surface area (Å²) >= 11 is 0. The third kappa shape index (κ3) is 2.87. The second kappa shape index (κ2) is 6.12. The van der Waals surface area contributed by atoms with Gasteiger partial charge in [-0.05, 0) is 37.8 Å². The highest BCUT2D eigenvalue weighted by Crippen LogP contribution is 2.30. The Bertz CT molecular complexity index is 567. The Labute approximate surface area is 121 Å². The van der Waals surface area contributed by atoms with E-state index in [0.29, 0.717) is 5.92 Å². The van der Waals surface area contributed by atoms with E-state index in [-0.39, 0.29) is 5.88 Å². The highest BCUT2D eigenvalue weighted by molar-refractivity contribution is 5.42. The molecule has 0 spiro atoms. The van der Waals surface area contributed by atoms with E-state index >= 15 is 0 Å². The molecule has 0 saturated heterocycles. The van der Waals surface area contributed by atoms with Gasteiger partial charge in [-0.2, -0.15) is 0 Å². The van der Waals surface area contributed by atoms with Crippen LogP contribution in [0.15, 0.2) is 24.3 Å². The molecule has 1 aromatic carbocycles. The number of aromatic nitrogens is 2. The Morgan fingerprint density at radius 3 is 2.40 bits per heavy atom. The summed E-state index contributed by atoms with van der Waals surface area (Å²) in [5.41, 5.74) is 4.36. The van der Waals surface area contributed by atoms with E-state index in [2.05, 4.69) is 57.1 Å². The van der Waals surface area contributed by atoms with E-state index in [1.807, 2.05) is 4.68 Å². The van der Waals surface area contributed by atoms with Crippen LogP contribution < -0.4 is 0 Å². The number of aryl methyl sites for hydroxylation is 1. The standard InChI is InChI=1S/C17H24N2O/c1-5-6-7-15-16(12(2)3)19(18-17(15)20)14-10-8-13(4)9-11-14/h8-12H,5-7H2,1-4H3,(H,18,20). The topological polar surface area (TPSA) is 38.1 Å². The monoisotopic (exact) mass is 272 g/mol. The number of nitrogens with zero attached hydrogens (tertiary/aromatic N) is 2. The van der Waals surface area contributed by atoms with Crippen LogP contribution in [0.5, 0.6) is 5.88 Å². The lowest BCUT2D eigenvalue weighted by Crippen LogP contribution is -2.05. The first-order valence-corrected chi connectivity index (χ1v) is 7.42. The molecule has 0 bridgehead atoms. The largest absolute Gasteiger partial charge is 0.492 e. The number of aromatic hydroxyl groups is 1. The fourth-order valence-corrected chi connectivity index (χ4v) is 2.52. The first-order chi connectivity index (χ1) is 9.54. The summed E-state index contributed by atoms with van der Waals surface area (Å²) in [6, 6.07) is 8.25. The Kier molecular flexibility index (Phi) is 4.48. The summed E-state index contributed by atoms with van der Waals surface area (Å²) in [6.07, 6.45) is 3.08. The normalized spacial score (nSPS) is 11.2. The van der Waals surface area contributed by atoms with Crippen LogP contribution in [0.2, 0.25) is 0 Å². The van der Waals surface area contributed by atoms with Crippen LogP contribution in [0.25, 0.3) is 5.69 Å². The van der Waals surface area contributed by atoms with Gasteiger partial charge in [0.2, 0.25) is 5.88 Å². The van der Waals surface area contributed by atoms with Gasteiger partial charge in [-0.3, -0.25) is 0 Å². The van der Waals surface area contributed by atoms with Crippen molar-refractivity contribution < 1.29 is 5.11 Å². The van der Waals surface area contributed by atoms with Crippen LogP contribution in [0.3, 0.4) is 0 Å². The predicted molar refractivity (Wildman–Crippen MR) is 82.7 cm³/mol. The van der Waals surface area contributed by atoms with E-state index < -0.39 is 0 Å². The first-order valence-electron chi connectivity index (χ1n) is 7.42. The van der Waals surface area contributed by atoms with E-state index in [9.17, 15) is 5.11 Å². The fourth-order valence-electron chi connectivity index (χ4n) is 2.52. The molecule has 0 unspecified atom stereocenters. The van der Waals surface area contributed by atoms with Crippen molar-refractivity contribution in [3.8, 4) is 11.6 Å².